The molecule has 2 aromatic carbocycles. The molecule has 0 saturated carbocycles. The van der Waals surface area contributed by atoms with Crippen LogP contribution in [-0.4, -0.2) is 46.0 Å². The number of aromatic nitrogens is 1. The zero-order chi connectivity index (χ0) is 25.2. The molecule has 1 atom stereocenters. The van der Waals surface area contributed by atoms with Crippen LogP contribution in [0.25, 0.3) is 5.76 Å². The highest BCUT2D eigenvalue weighted by Gasteiger charge is 2.46. The van der Waals surface area contributed by atoms with Crippen LogP contribution in [-0.2, 0) is 20.9 Å². The summed E-state index contributed by atoms with van der Waals surface area (Å²) in [5.41, 5.74) is 1.93. The fourth-order valence-corrected chi connectivity index (χ4v) is 4.28. The van der Waals surface area contributed by atoms with E-state index < -0.39 is 23.7 Å². The van der Waals surface area contributed by atoms with Gasteiger partial charge in [0.1, 0.15) is 5.76 Å². The first-order valence-electron chi connectivity index (χ1n) is 11.3. The Labute approximate surface area is 206 Å². The van der Waals surface area contributed by atoms with Crippen molar-refractivity contribution in [3.8, 4) is 11.5 Å². The molecule has 3 aromatic rings. The number of Topliss-reactive ketones (excluding diaryl/α,β-unsaturated/α-hetero) is 1. The molecular formula is C27H22N2O7. The van der Waals surface area contributed by atoms with Crippen LogP contribution in [0, 0.1) is 0 Å². The number of pyridine rings is 1. The lowest BCUT2D eigenvalue weighted by Crippen LogP contribution is -2.29. The molecule has 36 heavy (non-hydrogen) atoms. The monoisotopic (exact) mass is 486 g/mol. The second kappa shape index (κ2) is 9.53. The van der Waals surface area contributed by atoms with Crippen LogP contribution >= 0.6 is 0 Å². The number of fused-ring (bicyclic) bond motifs is 1. The van der Waals surface area contributed by atoms with Gasteiger partial charge in [-0.3, -0.25) is 14.6 Å². The van der Waals surface area contributed by atoms with Gasteiger partial charge in [0.15, 0.2) is 11.5 Å². The van der Waals surface area contributed by atoms with Gasteiger partial charge in [-0.15, -0.1) is 0 Å². The highest BCUT2D eigenvalue weighted by atomic mass is 16.7. The Kier molecular flexibility index (Phi) is 6.12. The standard InChI is InChI=1S/C27H22N2O7/c1-2-34-27(33)17-7-5-16(6-8-17)14-29-23(19-4-3-11-28-13-19)22(25(31)26(29)32)24(30)18-9-10-20-21(12-18)36-15-35-20/h3-13,23,30H,2,14-15H2,1H3/b24-22-. The largest absolute Gasteiger partial charge is 0.507 e. The lowest BCUT2D eigenvalue weighted by Gasteiger charge is -2.25. The van der Waals surface area contributed by atoms with E-state index in [1.807, 2.05) is 0 Å². The number of ketones is 1. The highest BCUT2D eigenvalue weighted by molar-refractivity contribution is 6.46. The van der Waals surface area contributed by atoms with E-state index in [9.17, 15) is 19.5 Å². The predicted molar refractivity (Wildman–Crippen MR) is 127 cm³/mol. The number of likely N-dealkylation sites (tertiary alicyclic amines) is 1. The molecule has 1 N–H and O–H groups in total. The SMILES string of the molecule is CCOC(=O)c1ccc(CN2C(=O)C(=O)/C(=C(\O)c3ccc4c(c3)OCO4)C2c2cccnc2)cc1. The average molecular weight is 486 g/mol. The Morgan fingerprint density at radius 3 is 2.56 bits per heavy atom. The summed E-state index contributed by atoms with van der Waals surface area (Å²) in [4.78, 5) is 43.9. The second-order valence-corrected chi connectivity index (χ2v) is 8.20. The van der Waals surface area contributed by atoms with Crippen LogP contribution in [0.15, 0.2) is 72.6 Å². The molecule has 9 nitrogen and oxygen atoms in total. The summed E-state index contributed by atoms with van der Waals surface area (Å²) in [5, 5.41) is 11.2. The molecule has 9 heteroatoms. The van der Waals surface area contributed by atoms with Crippen LogP contribution in [0.1, 0.15) is 40.0 Å². The molecule has 2 aliphatic heterocycles. The Bertz CT molecular complexity index is 1370. The van der Waals surface area contributed by atoms with Crippen molar-refractivity contribution in [1.82, 2.24) is 9.88 Å². The summed E-state index contributed by atoms with van der Waals surface area (Å²) >= 11 is 0. The van der Waals surface area contributed by atoms with Crippen LogP contribution < -0.4 is 9.47 Å². The average Bonchev–Trinajstić information content (AvgIpc) is 3.47. The number of rotatable bonds is 6. The first kappa shape index (κ1) is 23.1. The number of benzene rings is 2. The highest BCUT2D eigenvalue weighted by Crippen LogP contribution is 2.41. The summed E-state index contributed by atoms with van der Waals surface area (Å²) in [6, 6.07) is 14.0. The zero-order valence-corrected chi connectivity index (χ0v) is 19.3. The van der Waals surface area contributed by atoms with Crippen molar-refractivity contribution < 1.29 is 33.7 Å². The van der Waals surface area contributed by atoms with Crippen LogP contribution in [0.2, 0.25) is 0 Å². The first-order valence-corrected chi connectivity index (χ1v) is 11.3. The number of ether oxygens (including phenoxy) is 3. The molecule has 0 spiro atoms. The van der Waals surface area contributed by atoms with Gasteiger partial charge in [-0.05, 0) is 54.4 Å². The van der Waals surface area contributed by atoms with E-state index in [1.165, 1.54) is 4.90 Å². The van der Waals surface area contributed by atoms with Crippen LogP contribution in [0.5, 0.6) is 11.5 Å². The summed E-state index contributed by atoms with van der Waals surface area (Å²) in [7, 11) is 0. The van der Waals surface area contributed by atoms with E-state index in [0.29, 0.717) is 33.8 Å². The van der Waals surface area contributed by atoms with Gasteiger partial charge in [0, 0.05) is 24.5 Å². The number of esters is 1. The lowest BCUT2D eigenvalue weighted by atomic mass is 9.96. The Balaban J connectivity index is 1.53. The number of carbonyl (C=O) groups is 3. The maximum absolute atomic E-state index is 13.2. The van der Waals surface area contributed by atoms with E-state index in [2.05, 4.69) is 4.98 Å². The molecule has 2 aliphatic rings. The molecular weight excluding hydrogens is 464 g/mol. The molecule has 3 heterocycles. The number of aliphatic hydroxyl groups excluding tert-OH is 1. The molecule has 0 bridgehead atoms. The fourth-order valence-electron chi connectivity index (χ4n) is 4.28. The molecule has 5 rings (SSSR count). The topological polar surface area (TPSA) is 115 Å². The second-order valence-electron chi connectivity index (χ2n) is 8.20. The van der Waals surface area contributed by atoms with Gasteiger partial charge in [-0.1, -0.05) is 18.2 Å². The minimum atomic E-state index is -0.867. The van der Waals surface area contributed by atoms with Crippen molar-refractivity contribution in [2.45, 2.75) is 19.5 Å². The van der Waals surface area contributed by atoms with Crippen molar-refractivity contribution in [3.63, 3.8) is 0 Å². The van der Waals surface area contributed by atoms with Gasteiger partial charge < -0.3 is 24.2 Å². The fraction of sp³-hybridized carbons (Fsp3) is 0.185. The van der Waals surface area contributed by atoms with E-state index >= 15 is 0 Å². The summed E-state index contributed by atoms with van der Waals surface area (Å²) in [5.74, 6) is -1.35. The Hall–Kier alpha value is -4.66. The Morgan fingerprint density at radius 2 is 1.83 bits per heavy atom. The van der Waals surface area contributed by atoms with Crippen molar-refractivity contribution >= 4 is 23.4 Å². The number of nitrogens with zero attached hydrogens (tertiary/aromatic N) is 2. The Morgan fingerprint density at radius 1 is 1.08 bits per heavy atom. The molecule has 1 saturated heterocycles. The summed E-state index contributed by atoms with van der Waals surface area (Å²) in [6.07, 6.45) is 3.14. The normalized spacial score (nSPS) is 17.9. The van der Waals surface area contributed by atoms with Gasteiger partial charge in [0.2, 0.25) is 6.79 Å². The van der Waals surface area contributed by atoms with E-state index in [0.717, 1.165) is 0 Å². The summed E-state index contributed by atoms with van der Waals surface area (Å²) in [6.45, 7) is 2.13. The van der Waals surface area contributed by atoms with E-state index in [1.54, 1.807) is 73.9 Å². The van der Waals surface area contributed by atoms with Crippen LogP contribution in [0.3, 0.4) is 0 Å². The third-order valence-corrected chi connectivity index (χ3v) is 6.00. The number of amides is 1. The molecule has 1 fully saturated rings. The van der Waals surface area contributed by atoms with Gasteiger partial charge in [0.25, 0.3) is 11.7 Å². The number of aliphatic hydroxyl groups is 1. The van der Waals surface area contributed by atoms with Crippen molar-refractivity contribution in [1.29, 1.82) is 0 Å². The lowest BCUT2D eigenvalue weighted by molar-refractivity contribution is -0.140. The van der Waals surface area contributed by atoms with E-state index in [4.69, 9.17) is 14.2 Å². The molecule has 182 valence electrons. The van der Waals surface area contributed by atoms with Crippen molar-refractivity contribution in [2.75, 3.05) is 13.4 Å². The predicted octanol–water partition coefficient (Wildman–Crippen LogP) is 3.61. The third kappa shape index (κ3) is 4.15. The van der Waals surface area contributed by atoms with Gasteiger partial charge in [-0.25, -0.2) is 4.79 Å². The summed E-state index contributed by atoms with van der Waals surface area (Å²) < 4.78 is 15.7. The molecule has 1 unspecified atom stereocenters. The third-order valence-electron chi connectivity index (χ3n) is 6.00. The smallest absolute Gasteiger partial charge is 0.338 e. The number of hydrogen-bond donors (Lipinski definition) is 1. The maximum Gasteiger partial charge on any atom is 0.338 e. The van der Waals surface area contributed by atoms with Gasteiger partial charge >= 0.3 is 5.97 Å². The minimum absolute atomic E-state index is 0.0463. The zero-order valence-electron chi connectivity index (χ0n) is 19.3. The number of hydrogen-bond acceptors (Lipinski definition) is 8. The molecule has 0 radical (unpaired) electrons. The van der Waals surface area contributed by atoms with Crippen molar-refractivity contribution in [2.24, 2.45) is 0 Å². The maximum atomic E-state index is 13.2. The first-order chi connectivity index (χ1) is 17.5. The van der Waals surface area contributed by atoms with Gasteiger partial charge in [-0.2, -0.15) is 0 Å². The molecule has 1 amide bonds. The van der Waals surface area contributed by atoms with Crippen LogP contribution in [0.4, 0.5) is 0 Å². The molecule has 1 aromatic heterocycles. The number of carbonyl (C=O) groups excluding carboxylic acids is 3. The quantitative estimate of drug-likeness (QED) is 0.243. The minimum Gasteiger partial charge on any atom is -0.507 e. The van der Waals surface area contributed by atoms with Crippen molar-refractivity contribution in [3.05, 3.63) is 94.8 Å². The molecule has 0 aliphatic carbocycles. The van der Waals surface area contributed by atoms with E-state index in [-0.39, 0.29) is 31.3 Å². The van der Waals surface area contributed by atoms with Gasteiger partial charge in [0.05, 0.1) is 23.8 Å².